The van der Waals surface area contributed by atoms with Crippen LogP contribution in [0.4, 0.5) is 0 Å². The number of nitrogens with zero attached hydrogens (tertiary/aromatic N) is 3. The van der Waals surface area contributed by atoms with Gasteiger partial charge in [-0.2, -0.15) is 5.10 Å². The Labute approximate surface area is 108 Å². The summed E-state index contributed by atoms with van der Waals surface area (Å²) >= 11 is 0. The summed E-state index contributed by atoms with van der Waals surface area (Å²) in [5, 5.41) is 8.89. The molecule has 0 fully saturated rings. The van der Waals surface area contributed by atoms with Crippen LogP contribution in [0.1, 0.15) is 25.1 Å². The predicted octanol–water partition coefficient (Wildman–Crippen LogP) is 2.33. The summed E-state index contributed by atoms with van der Waals surface area (Å²) in [4.78, 5) is 4.46. The van der Waals surface area contributed by atoms with Crippen LogP contribution in [0.5, 0.6) is 0 Å². The fourth-order valence-corrected chi connectivity index (χ4v) is 1.94. The van der Waals surface area contributed by atoms with Gasteiger partial charge in [-0.15, -0.1) is 0 Å². The molecular weight excluding hydrogens is 224 g/mol. The van der Waals surface area contributed by atoms with Crippen molar-refractivity contribution in [1.82, 2.24) is 20.1 Å². The number of nitrogens with one attached hydrogen (secondary N) is 1. The molecule has 2 heterocycles. The van der Waals surface area contributed by atoms with E-state index in [9.17, 15) is 0 Å². The van der Waals surface area contributed by atoms with Gasteiger partial charge in [0, 0.05) is 31.7 Å². The minimum atomic E-state index is 0.834. The van der Waals surface area contributed by atoms with Crippen LogP contribution in [0.15, 0.2) is 23.9 Å². The Morgan fingerprint density at radius 3 is 2.94 bits per heavy atom. The third-order valence-electron chi connectivity index (χ3n) is 2.90. The smallest absolute Gasteiger partial charge is 0.157 e. The molecule has 0 saturated carbocycles. The van der Waals surface area contributed by atoms with Crippen LogP contribution in [-0.4, -0.2) is 21.3 Å². The first-order chi connectivity index (χ1) is 8.58. The van der Waals surface area contributed by atoms with Gasteiger partial charge in [0.05, 0.1) is 5.69 Å². The summed E-state index contributed by atoms with van der Waals surface area (Å²) in [7, 11) is 1.93. The van der Waals surface area contributed by atoms with Gasteiger partial charge in [0.2, 0.25) is 0 Å². The monoisotopic (exact) mass is 244 g/mol. The summed E-state index contributed by atoms with van der Waals surface area (Å²) in [5.41, 5.74) is 4.51. The van der Waals surface area contributed by atoms with Crippen LogP contribution < -0.4 is 5.32 Å². The van der Waals surface area contributed by atoms with Crippen molar-refractivity contribution in [1.29, 1.82) is 0 Å². The first-order valence-electron chi connectivity index (χ1n) is 6.20. The Bertz CT molecular complexity index is 577. The van der Waals surface area contributed by atoms with E-state index in [0.29, 0.717) is 0 Å². The third kappa shape index (κ3) is 2.76. The van der Waals surface area contributed by atoms with E-state index < -0.39 is 0 Å². The van der Waals surface area contributed by atoms with Crippen molar-refractivity contribution >= 4 is 11.0 Å². The zero-order valence-electron chi connectivity index (χ0n) is 11.5. The number of hydrogen-bond acceptors (Lipinski definition) is 3. The summed E-state index contributed by atoms with van der Waals surface area (Å²) in [5.74, 6) is 0. The number of allylic oxidation sites excluding steroid dienone is 1. The van der Waals surface area contributed by atoms with E-state index >= 15 is 0 Å². The fourth-order valence-electron chi connectivity index (χ4n) is 1.94. The second-order valence-electron chi connectivity index (χ2n) is 4.84. The SMILES string of the molecule is CC(C)=CCNCc1cnc2c(c1)c(C)nn2C. The molecule has 0 radical (unpaired) electrons. The third-order valence-corrected chi connectivity index (χ3v) is 2.90. The second kappa shape index (κ2) is 5.31. The highest BCUT2D eigenvalue weighted by Gasteiger charge is 2.06. The lowest BCUT2D eigenvalue weighted by molar-refractivity contribution is 0.752. The first kappa shape index (κ1) is 12.8. The lowest BCUT2D eigenvalue weighted by Gasteiger charge is -2.03. The van der Waals surface area contributed by atoms with E-state index in [0.717, 1.165) is 29.8 Å². The van der Waals surface area contributed by atoms with Gasteiger partial charge in [-0.05, 0) is 32.4 Å². The van der Waals surface area contributed by atoms with E-state index in [4.69, 9.17) is 0 Å². The number of hydrogen-bond donors (Lipinski definition) is 1. The number of aromatic nitrogens is 3. The van der Waals surface area contributed by atoms with Crippen LogP contribution in [0.3, 0.4) is 0 Å². The zero-order chi connectivity index (χ0) is 13.1. The molecule has 18 heavy (non-hydrogen) atoms. The van der Waals surface area contributed by atoms with E-state index in [2.05, 4.69) is 41.4 Å². The van der Waals surface area contributed by atoms with Crippen LogP contribution >= 0.6 is 0 Å². The Hall–Kier alpha value is -1.68. The van der Waals surface area contributed by atoms with Crippen molar-refractivity contribution in [3.8, 4) is 0 Å². The highest BCUT2D eigenvalue weighted by atomic mass is 15.3. The second-order valence-corrected chi connectivity index (χ2v) is 4.84. The largest absolute Gasteiger partial charge is 0.309 e. The molecule has 96 valence electrons. The van der Waals surface area contributed by atoms with Crippen molar-refractivity contribution < 1.29 is 0 Å². The summed E-state index contributed by atoms with van der Waals surface area (Å²) < 4.78 is 1.82. The maximum atomic E-state index is 4.46. The van der Waals surface area contributed by atoms with Crippen molar-refractivity contribution in [2.24, 2.45) is 7.05 Å². The molecular formula is C14H20N4. The lowest BCUT2D eigenvalue weighted by atomic mass is 10.2. The minimum absolute atomic E-state index is 0.834. The van der Waals surface area contributed by atoms with Gasteiger partial charge in [0.1, 0.15) is 0 Å². The average molecular weight is 244 g/mol. The van der Waals surface area contributed by atoms with Gasteiger partial charge in [0.15, 0.2) is 5.65 Å². The molecule has 0 saturated heterocycles. The van der Waals surface area contributed by atoms with Gasteiger partial charge >= 0.3 is 0 Å². The summed E-state index contributed by atoms with van der Waals surface area (Å²) in [6.45, 7) is 7.96. The molecule has 0 unspecified atom stereocenters. The summed E-state index contributed by atoms with van der Waals surface area (Å²) in [6.07, 6.45) is 4.10. The molecule has 1 N–H and O–H groups in total. The number of fused-ring (bicyclic) bond motifs is 1. The molecule has 4 heteroatoms. The Balaban J connectivity index is 2.10. The molecule has 0 aliphatic rings. The average Bonchev–Trinajstić information content (AvgIpc) is 2.60. The van der Waals surface area contributed by atoms with Gasteiger partial charge in [0.25, 0.3) is 0 Å². The van der Waals surface area contributed by atoms with Gasteiger partial charge in [-0.1, -0.05) is 11.6 Å². The lowest BCUT2D eigenvalue weighted by Crippen LogP contribution is -2.13. The Morgan fingerprint density at radius 2 is 2.22 bits per heavy atom. The minimum Gasteiger partial charge on any atom is -0.309 e. The number of pyridine rings is 1. The van der Waals surface area contributed by atoms with Crippen LogP contribution in [0.25, 0.3) is 11.0 Å². The Kier molecular flexibility index (Phi) is 3.77. The van der Waals surface area contributed by atoms with Gasteiger partial charge < -0.3 is 5.32 Å². The predicted molar refractivity (Wildman–Crippen MR) is 74.4 cm³/mol. The fraction of sp³-hybridized carbons (Fsp3) is 0.429. The first-order valence-corrected chi connectivity index (χ1v) is 6.20. The van der Waals surface area contributed by atoms with Crippen molar-refractivity contribution in [2.45, 2.75) is 27.3 Å². The zero-order valence-corrected chi connectivity index (χ0v) is 11.5. The summed E-state index contributed by atoms with van der Waals surface area (Å²) in [6, 6.07) is 2.17. The molecule has 0 atom stereocenters. The molecule has 0 aromatic carbocycles. The van der Waals surface area contributed by atoms with E-state index in [1.807, 2.05) is 24.9 Å². The van der Waals surface area contributed by atoms with E-state index in [1.54, 1.807) is 0 Å². The van der Waals surface area contributed by atoms with Crippen LogP contribution in [0.2, 0.25) is 0 Å². The Morgan fingerprint density at radius 1 is 1.44 bits per heavy atom. The highest BCUT2D eigenvalue weighted by molar-refractivity contribution is 5.78. The van der Waals surface area contributed by atoms with Gasteiger partial charge in [-0.3, -0.25) is 4.68 Å². The molecule has 2 aromatic rings. The van der Waals surface area contributed by atoms with E-state index in [-0.39, 0.29) is 0 Å². The molecule has 0 aliphatic carbocycles. The molecule has 0 bridgehead atoms. The van der Waals surface area contributed by atoms with E-state index in [1.165, 1.54) is 11.1 Å². The normalized spacial score (nSPS) is 10.9. The topological polar surface area (TPSA) is 42.7 Å². The number of rotatable bonds is 4. The molecule has 0 spiro atoms. The maximum Gasteiger partial charge on any atom is 0.157 e. The van der Waals surface area contributed by atoms with Crippen molar-refractivity contribution in [2.75, 3.05) is 6.54 Å². The molecule has 0 aliphatic heterocycles. The van der Waals surface area contributed by atoms with Gasteiger partial charge in [-0.25, -0.2) is 4.98 Å². The van der Waals surface area contributed by atoms with Crippen molar-refractivity contribution in [3.63, 3.8) is 0 Å². The maximum absolute atomic E-state index is 4.46. The number of aryl methyl sites for hydroxylation is 2. The van der Waals surface area contributed by atoms with Crippen LogP contribution in [0, 0.1) is 6.92 Å². The van der Waals surface area contributed by atoms with Crippen molar-refractivity contribution in [3.05, 3.63) is 35.2 Å². The molecule has 2 aromatic heterocycles. The molecule has 0 amide bonds. The van der Waals surface area contributed by atoms with Crippen LogP contribution in [-0.2, 0) is 13.6 Å². The molecule has 2 rings (SSSR count). The molecule has 4 nitrogen and oxygen atoms in total. The standard InChI is InChI=1S/C14H20N4/c1-10(2)5-6-15-8-12-7-13-11(3)17-18(4)14(13)16-9-12/h5,7,9,15H,6,8H2,1-4H3. The highest BCUT2D eigenvalue weighted by Crippen LogP contribution is 2.16. The quantitative estimate of drug-likeness (QED) is 0.663.